The van der Waals surface area contributed by atoms with Crippen LogP contribution in [0, 0.1) is 5.82 Å². The lowest BCUT2D eigenvalue weighted by molar-refractivity contribution is 0.0685. The average molecular weight is 484 g/mol. The lowest BCUT2D eigenvalue weighted by atomic mass is 10.1. The minimum atomic E-state index is -4.34. The van der Waals surface area contributed by atoms with Crippen molar-refractivity contribution in [3.05, 3.63) is 68.7 Å². The quantitative estimate of drug-likeness (QED) is 0.374. The fourth-order valence-electron chi connectivity index (χ4n) is 2.94. The summed E-state index contributed by atoms with van der Waals surface area (Å²) in [6.07, 6.45) is 1.11. The number of hydrogen-bond acceptors (Lipinski definition) is 6. The van der Waals surface area contributed by atoms with Crippen LogP contribution in [-0.2, 0) is 16.6 Å². The minimum Gasteiger partial charge on any atom is -0.478 e. The number of hydrogen-bond donors (Lipinski definition) is 4. The molecule has 1 heterocycles. The third kappa shape index (κ3) is 4.28. The van der Waals surface area contributed by atoms with Crippen molar-refractivity contribution in [2.24, 2.45) is 0 Å². The molecule has 32 heavy (non-hydrogen) atoms. The number of nitrogens with zero attached hydrogens (tertiary/aromatic N) is 1. The first kappa shape index (κ1) is 23.2. The SMILES string of the molecule is CCn1cc(C(=O)O)c(=O)c2cc(F)c(NNS(=O)(=O)c3ccc(Cl)c(C(=O)O)c3)cc21. The Hall–Kier alpha value is -3.48. The van der Waals surface area contributed by atoms with Gasteiger partial charge in [0.2, 0.25) is 5.43 Å². The van der Waals surface area contributed by atoms with Gasteiger partial charge in [-0.05, 0) is 37.3 Å². The van der Waals surface area contributed by atoms with Crippen molar-refractivity contribution in [1.82, 2.24) is 9.40 Å². The predicted octanol–water partition coefficient (Wildman–Crippen LogP) is 2.52. The number of aromatic nitrogens is 1. The molecule has 2 aromatic carbocycles. The molecular weight excluding hydrogens is 469 g/mol. The van der Waals surface area contributed by atoms with E-state index in [4.69, 9.17) is 16.7 Å². The normalized spacial score (nSPS) is 11.5. The number of anilines is 1. The number of pyridine rings is 1. The zero-order chi connectivity index (χ0) is 23.8. The Balaban J connectivity index is 2.01. The summed E-state index contributed by atoms with van der Waals surface area (Å²) in [4.78, 5) is 36.3. The Labute approximate surface area is 184 Å². The fourth-order valence-corrected chi connectivity index (χ4v) is 4.02. The van der Waals surface area contributed by atoms with Crippen molar-refractivity contribution in [3.63, 3.8) is 0 Å². The summed E-state index contributed by atoms with van der Waals surface area (Å²) in [5, 5.41) is 17.9. The monoisotopic (exact) mass is 483 g/mol. The van der Waals surface area contributed by atoms with Crippen LogP contribution in [0.25, 0.3) is 10.9 Å². The fraction of sp³-hybridized carbons (Fsp3) is 0.105. The number of sulfonamides is 1. The van der Waals surface area contributed by atoms with Crippen molar-refractivity contribution in [2.75, 3.05) is 5.43 Å². The van der Waals surface area contributed by atoms with Gasteiger partial charge in [0.1, 0.15) is 11.4 Å². The molecule has 0 amide bonds. The first-order valence-corrected chi connectivity index (χ1v) is 10.7. The van der Waals surface area contributed by atoms with Crippen LogP contribution in [0.2, 0.25) is 5.02 Å². The number of aromatic carboxylic acids is 2. The second-order valence-corrected chi connectivity index (χ2v) is 8.58. The van der Waals surface area contributed by atoms with E-state index in [1.54, 1.807) is 6.92 Å². The van der Waals surface area contributed by atoms with Gasteiger partial charge in [0.25, 0.3) is 10.0 Å². The summed E-state index contributed by atoms with van der Waals surface area (Å²) in [6.45, 7) is 1.92. The number of fused-ring (bicyclic) bond motifs is 1. The van der Waals surface area contributed by atoms with E-state index in [0.717, 1.165) is 36.5 Å². The molecule has 1 aromatic heterocycles. The molecule has 0 unspecified atom stereocenters. The Morgan fingerprint density at radius 3 is 2.38 bits per heavy atom. The molecule has 3 aromatic rings. The molecule has 0 saturated heterocycles. The molecule has 0 atom stereocenters. The van der Waals surface area contributed by atoms with E-state index < -0.39 is 49.2 Å². The molecule has 0 aliphatic rings. The van der Waals surface area contributed by atoms with Gasteiger partial charge in [0.15, 0.2) is 0 Å². The summed E-state index contributed by atoms with van der Waals surface area (Å²) in [5.41, 5.74) is 0.161. The summed E-state index contributed by atoms with van der Waals surface area (Å²) in [7, 11) is -4.34. The Bertz CT molecular complexity index is 1440. The van der Waals surface area contributed by atoms with Crippen LogP contribution in [0.1, 0.15) is 27.6 Å². The van der Waals surface area contributed by atoms with Crippen molar-refractivity contribution in [1.29, 1.82) is 0 Å². The molecule has 3 rings (SSSR count). The lowest BCUT2D eigenvalue weighted by Crippen LogP contribution is -2.30. The smallest absolute Gasteiger partial charge is 0.341 e. The number of aryl methyl sites for hydroxylation is 1. The number of nitrogens with one attached hydrogen (secondary N) is 2. The molecule has 0 spiro atoms. The largest absolute Gasteiger partial charge is 0.478 e. The number of hydrazine groups is 1. The summed E-state index contributed by atoms with van der Waals surface area (Å²) >= 11 is 5.74. The molecule has 10 nitrogen and oxygen atoms in total. The maximum Gasteiger partial charge on any atom is 0.341 e. The van der Waals surface area contributed by atoms with Crippen LogP contribution in [0.15, 0.2) is 46.2 Å². The van der Waals surface area contributed by atoms with Gasteiger partial charge in [-0.1, -0.05) is 11.6 Å². The van der Waals surface area contributed by atoms with Gasteiger partial charge in [-0.15, -0.1) is 4.83 Å². The number of rotatable bonds is 7. The molecule has 0 bridgehead atoms. The first-order chi connectivity index (χ1) is 15.0. The van der Waals surface area contributed by atoms with Gasteiger partial charge in [-0.3, -0.25) is 4.79 Å². The molecule has 4 N–H and O–H groups in total. The summed E-state index contributed by atoms with van der Waals surface area (Å²) in [6, 6.07) is 4.95. The molecule has 0 radical (unpaired) electrons. The molecule has 0 fully saturated rings. The number of benzene rings is 2. The maximum atomic E-state index is 14.6. The van der Waals surface area contributed by atoms with Gasteiger partial charge < -0.3 is 20.2 Å². The third-order valence-corrected chi connectivity index (χ3v) is 6.11. The second kappa shape index (κ2) is 8.57. The number of carboxylic acids is 2. The van der Waals surface area contributed by atoms with Crippen molar-refractivity contribution < 1.29 is 32.6 Å². The highest BCUT2D eigenvalue weighted by Gasteiger charge is 2.20. The highest BCUT2D eigenvalue weighted by molar-refractivity contribution is 7.89. The van der Waals surface area contributed by atoms with Gasteiger partial charge >= 0.3 is 11.9 Å². The third-order valence-electron chi connectivity index (χ3n) is 4.54. The zero-order valence-corrected chi connectivity index (χ0v) is 17.8. The molecule has 0 aliphatic heterocycles. The van der Waals surface area contributed by atoms with Crippen LogP contribution < -0.4 is 15.7 Å². The summed E-state index contributed by atoms with van der Waals surface area (Å²) < 4.78 is 41.0. The average Bonchev–Trinajstić information content (AvgIpc) is 2.72. The van der Waals surface area contributed by atoms with E-state index in [2.05, 4.69) is 5.43 Å². The number of halogens is 2. The number of carboxylic acid groups (broad SMARTS) is 2. The molecular formula is C19H15ClFN3O7S. The highest BCUT2D eigenvalue weighted by Crippen LogP contribution is 2.23. The van der Waals surface area contributed by atoms with Gasteiger partial charge in [-0.2, -0.15) is 0 Å². The standard InChI is InChI=1S/C19H15ClFN3O7S/c1-2-24-8-12(19(28)29)17(25)11-6-14(21)15(7-16(11)24)22-23-32(30,31)9-3-4-13(20)10(5-9)18(26)27/h3-8,22-23H,2H2,1H3,(H,26,27)(H,28,29). The maximum absolute atomic E-state index is 14.6. The topological polar surface area (TPSA) is 155 Å². The van der Waals surface area contributed by atoms with Crippen LogP contribution in [0.5, 0.6) is 0 Å². The summed E-state index contributed by atoms with van der Waals surface area (Å²) in [5.74, 6) is -3.91. The molecule has 168 valence electrons. The molecule has 13 heteroatoms. The Kier molecular flexibility index (Phi) is 6.21. The lowest BCUT2D eigenvalue weighted by Gasteiger charge is -2.14. The van der Waals surface area contributed by atoms with Crippen LogP contribution in [0.3, 0.4) is 0 Å². The van der Waals surface area contributed by atoms with Gasteiger partial charge in [0, 0.05) is 18.1 Å². The Morgan fingerprint density at radius 2 is 1.78 bits per heavy atom. The highest BCUT2D eigenvalue weighted by atomic mass is 35.5. The molecule has 0 saturated carbocycles. The van der Waals surface area contributed by atoms with E-state index >= 15 is 0 Å². The van der Waals surface area contributed by atoms with E-state index in [0.29, 0.717) is 0 Å². The number of carbonyl (C=O) groups is 2. The van der Waals surface area contributed by atoms with Crippen LogP contribution in [0.4, 0.5) is 10.1 Å². The van der Waals surface area contributed by atoms with Crippen LogP contribution >= 0.6 is 11.6 Å². The van der Waals surface area contributed by atoms with E-state index in [1.165, 1.54) is 4.57 Å². The van der Waals surface area contributed by atoms with Crippen molar-refractivity contribution in [3.8, 4) is 0 Å². The van der Waals surface area contributed by atoms with E-state index in [9.17, 15) is 32.3 Å². The molecule has 0 aliphatic carbocycles. The predicted molar refractivity (Wildman–Crippen MR) is 113 cm³/mol. The van der Waals surface area contributed by atoms with Crippen molar-refractivity contribution >= 4 is 50.2 Å². The first-order valence-electron chi connectivity index (χ1n) is 8.87. The second-order valence-electron chi connectivity index (χ2n) is 6.49. The van der Waals surface area contributed by atoms with E-state index in [-0.39, 0.29) is 28.2 Å². The Morgan fingerprint density at radius 1 is 1.12 bits per heavy atom. The van der Waals surface area contributed by atoms with E-state index in [1.807, 2.05) is 4.83 Å². The van der Waals surface area contributed by atoms with Gasteiger partial charge in [0.05, 0.1) is 26.7 Å². The minimum absolute atomic E-state index is 0.164. The zero-order valence-electron chi connectivity index (χ0n) is 16.2. The van der Waals surface area contributed by atoms with Gasteiger partial charge in [-0.25, -0.2) is 22.4 Å². The van der Waals surface area contributed by atoms with Crippen molar-refractivity contribution in [2.45, 2.75) is 18.4 Å². The van der Waals surface area contributed by atoms with Crippen LogP contribution in [-0.4, -0.2) is 35.1 Å².